The monoisotopic (exact) mass is 392 g/mol. The van der Waals surface area contributed by atoms with E-state index < -0.39 is 12.0 Å². The van der Waals surface area contributed by atoms with Crippen LogP contribution in [0.4, 0.5) is 0 Å². The molecule has 6 heteroatoms. The van der Waals surface area contributed by atoms with Crippen LogP contribution in [0.2, 0.25) is 0 Å². The smallest absolute Gasteiger partial charge is 0.328 e. The molecule has 1 amide bonds. The molecule has 1 atom stereocenters. The number of carbonyl (C=O) groups is 2. The summed E-state index contributed by atoms with van der Waals surface area (Å²) in [6.07, 6.45) is 2.23. The molecule has 0 aliphatic carbocycles. The van der Waals surface area contributed by atoms with Crippen LogP contribution < -0.4 is 5.32 Å². The maximum atomic E-state index is 12.9. The Morgan fingerprint density at radius 3 is 2.57 bits per heavy atom. The second kappa shape index (κ2) is 7.48. The molecule has 4 rings (SSSR count). The van der Waals surface area contributed by atoms with Gasteiger partial charge in [-0.25, -0.2) is 4.79 Å². The predicted molar refractivity (Wildman–Crippen MR) is 112 cm³/mol. The summed E-state index contributed by atoms with van der Waals surface area (Å²) in [5, 5.41) is 4.96. The summed E-state index contributed by atoms with van der Waals surface area (Å²) in [6.45, 7) is 1.93. The minimum atomic E-state index is -0.763. The molecule has 2 heterocycles. The number of thiophene rings is 1. The lowest BCUT2D eigenvalue weighted by atomic mass is 10.0. The average Bonchev–Trinajstić information content (AvgIpc) is 3.28. The SMILES string of the molecule is COC(=O)C(Cc1c[nH]c2ccccc12)NC(=O)c1sc2ccccc2c1C. The first-order chi connectivity index (χ1) is 13.6. The van der Waals surface area contributed by atoms with Crippen LogP contribution in [-0.2, 0) is 16.0 Å². The third kappa shape index (κ3) is 3.27. The quantitative estimate of drug-likeness (QED) is 0.500. The number of methoxy groups -OCH3 is 1. The van der Waals surface area contributed by atoms with Crippen molar-refractivity contribution >= 4 is 44.2 Å². The highest BCUT2D eigenvalue weighted by Gasteiger charge is 2.25. The third-order valence-corrected chi connectivity index (χ3v) is 6.21. The lowest BCUT2D eigenvalue weighted by Crippen LogP contribution is -2.43. The average molecular weight is 392 g/mol. The van der Waals surface area contributed by atoms with Crippen LogP contribution >= 0.6 is 11.3 Å². The van der Waals surface area contributed by atoms with Crippen molar-refractivity contribution in [2.75, 3.05) is 7.11 Å². The van der Waals surface area contributed by atoms with Crippen molar-refractivity contribution in [2.24, 2.45) is 0 Å². The first-order valence-corrected chi connectivity index (χ1v) is 9.82. The van der Waals surface area contributed by atoms with Gasteiger partial charge in [-0.15, -0.1) is 11.3 Å². The number of benzene rings is 2. The molecule has 0 radical (unpaired) electrons. The Morgan fingerprint density at radius 1 is 1.11 bits per heavy atom. The van der Waals surface area contributed by atoms with Gasteiger partial charge < -0.3 is 15.0 Å². The Kier molecular flexibility index (Phi) is 4.88. The van der Waals surface area contributed by atoms with E-state index in [2.05, 4.69) is 10.3 Å². The standard InChI is InChI=1S/C22H20N2O3S/c1-13-15-7-4-6-10-19(15)28-20(13)21(25)24-18(22(26)27-2)11-14-12-23-17-9-5-3-8-16(14)17/h3-10,12,18,23H,11H2,1-2H3,(H,24,25). The number of hydrogen-bond acceptors (Lipinski definition) is 4. The Balaban J connectivity index is 1.62. The van der Waals surface area contributed by atoms with Crippen LogP contribution in [0.15, 0.2) is 54.7 Å². The summed E-state index contributed by atoms with van der Waals surface area (Å²) in [5.41, 5.74) is 2.88. The van der Waals surface area contributed by atoms with Gasteiger partial charge >= 0.3 is 5.97 Å². The molecule has 2 aromatic carbocycles. The molecule has 0 fully saturated rings. The fourth-order valence-corrected chi connectivity index (χ4v) is 4.58. The zero-order chi connectivity index (χ0) is 19.7. The molecule has 142 valence electrons. The number of esters is 1. The Morgan fingerprint density at radius 2 is 1.82 bits per heavy atom. The summed E-state index contributed by atoms with van der Waals surface area (Å²) >= 11 is 1.43. The number of nitrogens with one attached hydrogen (secondary N) is 2. The number of carbonyl (C=O) groups excluding carboxylic acids is 2. The normalized spacial score (nSPS) is 12.2. The highest BCUT2D eigenvalue weighted by atomic mass is 32.1. The van der Waals surface area contributed by atoms with Gasteiger partial charge in [0.2, 0.25) is 0 Å². The van der Waals surface area contributed by atoms with Crippen LogP contribution in [0.5, 0.6) is 0 Å². The number of aromatic amines is 1. The fraction of sp³-hybridized carbons (Fsp3) is 0.182. The van der Waals surface area contributed by atoms with E-state index in [1.54, 1.807) is 0 Å². The van der Waals surface area contributed by atoms with E-state index in [9.17, 15) is 9.59 Å². The minimum Gasteiger partial charge on any atom is -0.467 e. The van der Waals surface area contributed by atoms with Crippen LogP contribution in [0.3, 0.4) is 0 Å². The molecule has 5 nitrogen and oxygen atoms in total. The Hall–Kier alpha value is -3.12. The largest absolute Gasteiger partial charge is 0.467 e. The second-order valence-corrected chi connectivity index (χ2v) is 7.72. The first-order valence-electron chi connectivity index (χ1n) is 9.00. The van der Waals surface area contributed by atoms with E-state index in [-0.39, 0.29) is 5.91 Å². The maximum Gasteiger partial charge on any atom is 0.328 e. The van der Waals surface area contributed by atoms with Gasteiger partial charge in [0.1, 0.15) is 6.04 Å². The van der Waals surface area contributed by atoms with E-state index in [1.807, 2.05) is 61.7 Å². The van der Waals surface area contributed by atoms with Gasteiger partial charge in [0.25, 0.3) is 5.91 Å². The number of aromatic nitrogens is 1. The van der Waals surface area contributed by atoms with E-state index in [0.717, 1.165) is 32.1 Å². The Bertz CT molecular complexity index is 1170. The number of para-hydroxylation sites is 1. The highest BCUT2D eigenvalue weighted by molar-refractivity contribution is 7.21. The first kappa shape index (κ1) is 18.3. The topological polar surface area (TPSA) is 71.2 Å². The molecule has 0 aliphatic rings. The van der Waals surface area contributed by atoms with Crippen LogP contribution in [0.25, 0.3) is 21.0 Å². The van der Waals surface area contributed by atoms with Crippen molar-refractivity contribution in [1.82, 2.24) is 10.3 Å². The van der Waals surface area contributed by atoms with Gasteiger partial charge in [0.15, 0.2) is 0 Å². The molecule has 0 aliphatic heterocycles. The van der Waals surface area contributed by atoms with Gasteiger partial charge in [0.05, 0.1) is 12.0 Å². The van der Waals surface area contributed by atoms with E-state index >= 15 is 0 Å². The van der Waals surface area contributed by atoms with Crippen molar-refractivity contribution in [2.45, 2.75) is 19.4 Å². The minimum absolute atomic E-state index is 0.256. The van der Waals surface area contributed by atoms with Gasteiger partial charge in [-0.2, -0.15) is 0 Å². The fourth-order valence-electron chi connectivity index (χ4n) is 3.47. The zero-order valence-electron chi connectivity index (χ0n) is 15.6. The molecule has 28 heavy (non-hydrogen) atoms. The molecule has 2 aromatic heterocycles. The number of H-pyrrole nitrogens is 1. The van der Waals surface area contributed by atoms with Gasteiger partial charge in [-0.05, 0) is 35.6 Å². The molecular weight excluding hydrogens is 372 g/mol. The van der Waals surface area contributed by atoms with Gasteiger partial charge in [-0.3, -0.25) is 4.79 Å². The van der Waals surface area contributed by atoms with Crippen LogP contribution in [-0.4, -0.2) is 30.0 Å². The third-order valence-electron chi connectivity index (χ3n) is 4.94. The van der Waals surface area contributed by atoms with Gasteiger partial charge in [0, 0.05) is 28.2 Å². The second-order valence-electron chi connectivity index (χ2n) is 6.67. The molecule has 0 saturated heterocycles. The summed E-state index contributed by atoms with van der Waals surface area (Å²) in [6, 6.07) is 15.0. The molecule has 4 aromatic rings. The summed E-state index contributed by atoms with van der Waals surface area (Å²) in [4.78, 5) is 29.1. The van der Waals surface area contributed by atoms with E-state index in [4.69, 9.17) is 4.74 Å². The lowest BCUT2D eigenvalue weighted by molar-refractivity contribution is -0.142. The van der Waals surface area contributed by atoms with Crippen molar-refractivity contribution < 1.29 is 14.3 Å². The number of rotatable bonds is 5. The van der Waals surface area contributed by atoms with E-state index in [1.165, 1.54) is 18.4 Å². The van der Waals surface area contributed by atoms with Crippen molar-refractivity contribution in [3.63, 3.8) is 0 Å². The predicted octanol–water partition coefficient (Wildman–Crippen LogP) is 4.21. The van der Waals surface area contributed by atoms with Crippen molar-refractivity contribution in [1.29, 1.82) is 0 Å². The zero-order valence-corrected chi connectivity index (χ0v) is 16.4. The molecule has 0 spiro atoms. The maximum absolute atomic E-state index is 12.9. The number of hydrogen-bond donors (Lipinski definition) is 2. The molecule has 2 N–H and O–H groups in total. The van der Waals surface area contributed by atoms with Crippen LogP contribution in [0.1, 0.15) is 20.8 Å². The number of ether oxygens (including phenoxy) is 1. The van der Waals surface area contributed by atoms with Crippen molar-refractivity contribution in [3.8, 4) is 0 Å². The summed E-state index contributed by atoms with van der Waals surface area (Å²) in [7, 11) is 1.33. The lowest BCUT2D eigenvalue weighted by Gasteiger charge is -2.16. The Labute approximate surface area is 166 Å². The molecule has 1 unspecified atom stereocenters. The van der Waals surface area contributed by atoms with Gasteiger partial charge in [-0.1, -0.05) is 36.4 Å². The number of amides is 1. The summed E-state index contributed by atoms with van der Waals surface area (Å²) < 4.78 is 5.99. The number of fused-ring (bicyclic) bond motifs is 2. The molecule has 0 bridgehead atoms. The summed E-state index contributed by atoms with van der Waals surface area (Å²) in [5.74, 6) is -0.716. The van der Waals surface area contributed by atoms with Crippen LogP contribution in [0, 0.1) is 6.92 Å². The van der Waals surface area contributed by atoms with E-state index in [0.29, 0.717) is 11.3 Å². The highest BCUT2D eigenvalue weighted by Crippen LogP contribution is 2.30. The van der Waals surface area contributed by atoms with Crippen molar-refractivity contribution in [3.05, 3.63) is 70.7 Å². The molecule has 0 saturated carbocycles. The molecular formula is C22H20N2O3S. The number of aryl methyl sites for hydroxylation is 1.